The SMILES string of the molecule is C/C=C(/Br)C=NC(C)C. The van der Waals surface area contributed by atoms with E-state index in [0.29, 0.717) is 6.04 Å². The molecule has 0 aliphatic carbocycles. The van der Waals surface area contributed by atoms with Gasteiger partial charge in [-0.2, -0.15) is 0 Å². The molecule has 0 bridgehead atoms. The predicted octanol–water partition coefficient (Wildman–Crippen LogP) is 2.76. The molecule has 0 aliphatic rings. The third kappa shape index (κ3) is 5.77. The van der Waals surface area contributed by atoms with Crippen LogP contribution in [0.25, 0.3) is 0 Å². The molecular weight excluding hydrogens is 178 g/mol. The van der Waals surface area contributed by atoms with E-state index in [9.17, 15) is 0 Å². The van der Waals surface area contributed by atoms with Gasteiger partial charge in [0.2, 0.25) is 0 Å². The average Bonchev–Trinajstić information content (AvgIpc) is 1.83. The Balaban J connectivity index is 3.71. The minimum atomic E-state index is 0.387. The molecule has 0 radical (unpaired) electrons. The van der Waals surface area contributed by atoms with E-state index in [2.05, 4.69) is 20.9 Å². The minimum Gasteiger partial charge on any atom is -0.289 e. The zero-order chi connectivity index (χ0) is 7.28. The fraction of sp³-hybridized carbons (Fsp3) is 0.571. The molecule has 0 fully saturated rings. The van der Waals surface area contributed by atoms with E-state index in [0.717, 1.165) is 4.48 Å². The molecule has 0 heterocycles. The normalized spacial score (nSPS) is 13.7. The van der Waals surface area contributed by atoms with Crippen LogP contribution in [0.2, 0.25) is 0 Å². The molecule has 0 saturated heterocycles. The van der Waals surface area contributed by atoms with Crippen molar-refractivity contribution in [2.75, 3.05) is 0 Å². The fourth-order valence-corrected chi connectivity index (χ4v) is 0.413. The van der Waals surface area contributed by atoms with Crippen molar-refractivity contribution < 1.29 is 0 Å². The molecule has 0 aromatic carbocycles. The lowest BCUT2D eigenvalue weighted by atomic mass is 10.4. The summed E-state index contributed by atoms with van der Waals surface area (Å²) in [5.74, 6) is 0. The summed E-state index contributed by atoms with van der Waals surface area (Å²) >= 11 is 3.32. The zero-order valence-electron chi connectivity index (χ0n) is 6.06. The van der Waals surface area contributed by atoms with Crippen LogP contribution in [0.15, 0.2) is 15.6 Å². The lowest BCUT2D eigenvalue weighted by molar-refractivity contribution is 0.841. The van der Waals surface area contributed by atoms with Crippen molar-refractivity contribution in [3.63, 3.8) is 0 Å². The van der Waals surface area contributed by atoms with Crippen LogP contribution in [-0.2, 0) is 0 Å². The molecule has 0 atom stereocenters. The Morgan fingerprint density at radius 1 is 1.56 bits per heavy atom. The predicted molar refractivity (Wildman–Crippen MR) is 46.3 cm³/mol. The maximum atomic E-state index is 4.16. The second-order valence-electron chi connectivity index (χ2n) is 2.05. The van der Waals surface area contributed by atoms with Crippen LogP contribution in [0.5, 0.6) is 0 Å². The summed E-state index contributed by atoms with van der Waals surface area (Å²) in [7, 11) is 0. The Morgan fingerprint density at radius 3 is 2.44 bits per heavy atom. The van der Waals surface area contributed by atoms with Gasteiger partial charge in [0.15, 0.2) is 0 Å². The molecule has 0 spiro atoms. The van der Waals surface area contributed by atoms with Crippen LogP contribution in [0.1, 0.15) is 20.8 Å². The summed E-state index contributed by atoms with van der Waals surface area (Å²) in [5, 5.41) is 0. The third-order valence-electron chi connectivity index (χ3n) is 0.772. The molecule has 0 aliphatic heterocycles. The summed E-state index contributed by atoms with van der Waals surface area (Å²) in [4.78, 5) is 4.16. The van der Waals surface area contributed by atoms with Gasteiger partial charge in [-0.25, -0.2) is 0 Å². The second-order valence-corrected chi connectivity index (χ2v) is 2.96. The molecule has 0 saturated carbocycles. The summed E-state index contributed by atoms with van der Waals surface area (Å²) in [6.45, 7) is 6.06. The summed E-state index contributed by atoms with van der Waals surface area (Å²) in [6, 6.07) is 0.387. The zero-order valence-corrected chi connectivity index (χ0v) is 7.64. The number of hydrogen-bond donors (Lipinski definition) is 0. The Labute approximate surface area is 65.0 Å². The van der Waals surface area contributed by atoms with Crippen molar-refractivity contribution in [3.05, 3.63) is 10.6 Å². The van der Waals surface area contributed by atoms with E-state index < -0.39 is 0 Å². The highest BCUT2D eigenvalue weighted by molar-refractivity contribution is 9.12. The molecule has 52 valence electrons. The highest BCUT2D eigenvalue weighted by atomic mass is 79.9. The summed E-state index contributed by atoms with van der Waals surface area (Å²) in [5.41, 5.74) is 0. The van der Waals surface area contributed by atoms with E-state index in [1.165, 1.54) is 0 Å². The van der Waals surface area contributed by atoms with E-state index in [1.807, 2.05) is 33.1 Å². The highest BCUT2D eigenvalue weighted by Gasteiger charge is 1.84. The topological polar surface area (TPSA) is 12.4 Å². The van der Waals surface area contributed by atoms with Crippen molar-refractivity contribution in [2.45, 2.75) is 26.8 Å². The Morgan fingerprint density at radius 2 is 2.11 bits per heavy atom. The van der Waals surface area contributed by atoms with Gasteiger partial charge in [-0.3, -0.25) is 4.99 Å². The molecule has 0 rings (SSSR count). The highest BCUT2D eigenvalue weighted by Crippen LogP contribution is 2.00. The van der Waals surface area contributed by atoms with Gasteiger partial charge in [-0.05, 0) is 36.7 Å². The van der Waals surface area contributed by atoms with Crippen molar-refractivity contribution >= 4 is 22.1 Å². The number of nitrogens with zero attached hydrogens (tertiary/aromatic N) is 1. The summed E-state index contributed by atoms with van der Waals surface area (Å²) < 4.78 is 1.04. The maximum Gasteiger partial charge on any atom is 0.0443 e. The van der Waals surface area contributed by atoms with Crippen molar-refractivity contribution in [1.82, 2.24) is 0 Å². The number of hydrogen-bond acceptors (Lipinski definition) is 1. The van der Waals surface area contributed by atoms with E-state index in [1.54, 1.807) is 0 Å². The first-order chi connectivity index (χ1) is 4.16. The van der Waals surface area contributed by atoms with Gasteiger partial charge >= 0.3 is 0 Å². The molecule has 9 heavy (non-hydrogen) atoms. The lowest BCUT2D eigenvalue weighted by Gasteiger charge is -1.92. The number of rotatable bonds is 2. The molecule has 2 heteroatoms. The van der Waals surface area contributed by atoms with Crippen LogP contribution in [0, 0.1) is 0 Å². The average molecular weight is 190 g/mol. The Bertz CT molecular complexity index is 125. The van der Waals surface area contributed by atoms with Crippen LogP contribution < -0.4 is 0 Å². The maximum absolute atomic E-state index is 4.16. The van der Waals surface area contributed by atoms with Crippen molar-refractivity contribution in [2.24, 2.45) is 4.99 Å². The molecule has 0 unspecified atom stereocenters. The van der Waals surface area contributed by atoms with Gasteiger partial charge in [-0.1, -0.05) is 6.08 Å². The molecule has 0 N–H and O–H groups in total. The van der Waals surface area contributed by atoms with Gasteiger partial charge in [0.05, 0.1) is 0 Å². The molecule has 0 aromatic heterocycles. The Hall–Kier alpha value is -0.110. The molecule has 0 aromatic rings. The lowest BCUT2D eigenvalue weighted by Crippen LogP contribution is -1.87. The largest absolute Gasteiger partial charge is 0.289 e. The Kier molecular flexibility index (Phi) is 4.68. The minimum absolute atomic E-state index is 0.387. The van der Waals surface area contributed by atoms with Gasteiger partial charge < -0.3 is 0 Å². The first kappa shape index (κ1) is 8.89. The second kappa shape index (κ2) is 4.74. The van der Waals surface area contributed by atoms with Crippen molar-refractivity contribution in [1.29, 1.82) is 0 Å². The van der Waals surface area contributed by atoms with E-state index in [4.69, 9.17) is 0 Å². The van der Waals surface area contributed by atoms with Crippen LogP contribution in [-0.4, -0.2) is 12.3 Å². The first-order valence-corrected chi connectivity index (χ1v) is 3.81. The third-order valence-corrected chi connectivity index (χ3v) is 1.43. The number of halogens is 1. The molecule has 0 amide bonds. The van der Waals surface area contributed by atoms with Crippen molar-refractivity contribution in [3.8, 4) is 0 Å². The van der Waals surface area contributed by atoms with Gasteiger partial charge in [0.25, 0.3) is 0 Å². The van der Waals surface area contributed by atoms with Gasteiger partial charge in [-0.15, -0.1) is 0 Å². The number of aliphatic imine (C=N–C) groups is 1. The molecule has 1 nitrogen and oxygen atoms in total. The van der Waals surface area contributed by atoms with Crippen LogP contribution >= 0.6 is 15.9 Å². The van der Waals surface area contributed by atoms with Crippen LogP contribution in [0.3, 0.4) is 0 Å². The standard InChI is InChI=1S/C7H12BrN/c1-4-7(8)5-9-6(2)3/h4-6H,1-3H3/b7-4+,9-5?. The van der Waals surface area contributed by atoms with Gasteiger partial charge in [0, 0.05) is 16.7 Å². The van der Waals surface area contributed by atoms with E-state index in [-0.39, 0.29) is 0 Å². The first-order valence-electron chi connectivity index (χ1n) is 3.01. The fourth-order valence-electron chi connectivity index (χ4n) is 0.295. The monoisotopic (exact) mass is 189 g/mol. The van der Waals surface area contributed by atoms with E-state index >= 15 is 0 Å². The summed E-state index contributed by atoms with van der Waals surface area (Å²) in [6.07, 6.45) is 3.79. The number of allylic oxidation sites excluding steroid dienone is 2. The smallest absolute Gasteiger partial charge is 0.0443 e. The quantitative estimate of drug-likeness (QED) is 0.593. The van der Waals surface area contributed by atoms with Crippen LogP contribution in [0.4, 0.5) is 0 Å². The van der Waals surface area contributed by atoms with Gasteiger partial charge in [0.1, 0.15) is 0 Å². The molecular formula is C7H12BrN.